The van der Waals surface area contributed by atoms with Gasteiger partial charge in [0, 0.05) is 0 Å². The van der Waals surface area contributed by atoms with Crippen molar-refractivity contribution in [3.63, 3.8) is 0 Å². The molecule has 2 aromatic heterocycles. The molecule has 1 fully saturated rings. The van der Waals surface area contributed by atoms with Gasteiger partial charge in [0.25, 0.3) is 30.5 Å². The molecule has 0 saturated carbocycles. The highest BCUT2D eigenvalue weighted by atomic mass is 28.4. The summed E-state index contributed by atoms with van der Waals surface area (Å²) in [7, 11) is -9.92. The Balaban J connectivity index is 1.34. The molecule has 3 heterocycles. The van der Waals surface area contributed by atoms with Gasteiger partial charge in [-0.05, 0) is 46.2 Å². The second kappa shape index (κ2) is 19.4. The van der Waals surface area contributed by atoms with Gasteiger partial charge in [-0.3, -0.25) is 9.36 Å². The summed E-state index contributed by atoms with van der Waals surface area (Å²) in [5.74, 6) is 0. The fourth-order valence-corrected chi connectivity index (χ4v) is 25.1. The van der Waals surface area contributed by atoms with E-state index in [1.807, 2.05) is 4.57 Å². The molecule has 0 amide bonds. The average Bonchev–Trinajstić information content (AvgIpc) is 3.94. The van der Waals surface area contributed by atoms with Crippen LogP contribution in [0.25, 0.3) is 11.2 Å². The molecular formula is C58H66N4O5Si3. The predicted octanol–water partition coefficient (Wildman–Crippen LogP) is 8.48. The normalized spacial score (nSPS) is 18.3. The van der Waals surface area contributed by atoms with Crippen molar-refractivity contribution < 1.29 is 18.0 Å². The lowest BCUT2D eigenvalue weighted by atomic mass is 10.1. The van der Waals surface area contributed by atoms with Gasteiger partial charge < -0.3 is 23.0 Å². The summed E-state index contributed by atoms with van der Waals surface area (Å²) in [6, 6.07) is 64.3. The molecule has 4 atom stereocenters. The minimum Gasteiger partial charge on any atom is -0.405 e. The number of nitrogens with one attached hydrogen (secondary N) is 1. The average molecular weight is 983 g/mol. The molecule has 1 aliphatic heterocycles. The first-order chi connectivity index (χ1) is 33.5. The number of nitrogens with zero attached hydrogens (tertiary/aromatic N) is 3. The maximum Gasteiger partial charge on any atom is 0.278 e. The molecule has 70 heavy (non-hydrogen) atoms. The minimum absolute atomic E-state index is 0.175. The number of H-pyrrole nitrogens is 1. The Bertz CT molecular complexity index is 2910. The summed E-state index contributed by atoms with van der Waals surface area (Å²) in [5, 5.41) is 5.69. The maximum atomic E-state index is 13.5. The van der Waals surface area contributed by atoms with Crippen LogP contribution in [0.15, 0.2) is 199 Å². The van der Waals surface area contributed by atoms with E-state index in [9.17, 15) is 4.79 Å². The van der Waals surface area contributed by atoms with E-state index in [0.29, 0.717) is 5.65 Å². The van der Waals surface area contributed by atoms with Crippen LogP contribution in [-0.2, 0) is 18.0 Å². The number of rotatable bonds is 14. The molecule has 0 aliphatic carbocycles. The van der Waals surface area contributed by atoms with Gasteiger partial charge in [0.05, 0.1) is 19.3 Å². The molecule has 0 radical (unpaired) electrons. The first kappa shape index (κ1) is 49.2. The Labute approximate surface area is 416 Å². The largest absolute Gasteiger partial charge is 0.405 e. The van der Waals surface area contributed by atoms with Gasteiger partial charge >= 0.3 is 0 Å². The van der Waals surface area contributed by atoms with E-state index in [1.165, 1.54) is 6.33 Å². The Kier molecular flexibility index (Phi) is 13.6. The number of imidazole rings is 1. The molecular weight excluding hydrogens is 917 g/mol. The lowest BCUT2D eigenvalue weighted by Gasteiger charge is -2.49. The Morgan fingerprint density at radius 3 is 1.20 bits per heavy atom. The SMILES string of the molecule is CC(C)(C)[Si](OC[C@H]1O[C@@H](n2cnc3c(=O)[nH]cnc32)[C@H](O[Si](c2ccccc2)(c2ccccc2)C(C)(C)C)[C@@H]1O[Si](c1ccccc1)(c1ccccc1)C(C)(C)C)(c1ccccc1)c1ccccc1. The Morgan fingerprint density at radius 1 is 0.500 bits per heavy atom. The number of aromatic nitrogens is 4. The summed E-state index contributed by atoms with van der Waals surface area (Å²) in [4.78, 5) is 25.6. The van der Waals surface area contributed by atoms with Crippen molar-refractivity contribution in [2.45, 2.75) is 102 Å². The molecule has 0 spiro atoms. The molecule has 8 aromatic rings. The highest BCUT2D eigenvalue weighted by Crippen LogP contribution is 2.47. The fraction of sp³-hybridized carbons (Fsp3) is 0.293. The van der Waals surface area contributed by atoms with E-state index in [1.54, 1.807) is 6.33 Å². The van der Waals surface area contributed by atoms with Crippen LogP contribution >= 0.6 is 0 Å². The zero-order valence-corrected chi connectivity index (χ0v) is 44.9. The maximum absolute atomic E-state index is 13.5. The third-order valence-electron chi connectivity index (χ3n) is 14.3. The van der Waals surface area contributed by atoms with E-state index in [-0.39, 0.29) is 22.7 Å². The summed E-state index contributed by atoms with van der Waals surface area (Å²) >= 11 is 0. The molecule has 1 aliphatic rings. The van der Waals surface area contributed by atoms with Gasteiger partial charge in [-0.1, -0.05) is 244 Å². The molecule has 9 nitrogen and oxygen atoms in total. The number of aromatic amines is 1. The van der Waals surface area contributed by atoms with Crippen molar-refractivity contribution in [1.29, 1.82) is 0 Å². The quantitative estimate of drug-likeness (QED) is 0.109. The monoisotopic (exact) mass is 982 g/mol. The van der Waals surface area contributed by atoms with E-state index in [0.717, 1.165) is 31.1 Å². The summed E-state index contributed by atoms with van der Waals surface area (Å²) in [6.07, 6.45) is 0.00277. The number of benzene rings is 6. The summed E-state index contributed by atoms with van der Waals surface area (Å²) < 4.78 is 34.3. The molecule has 9 rings (SSSR count). The smallest absolute Gasteiger partial charge is 0.278 e. The van der Waals surface area contributed by atoms with Crippen LogP contribution in [0.3, 0.4) is 0 Å². The van der Waals surface area contributed by atoms with E-state index in [2.05, 4.69) is 249 Å². The van der Waals surface area contributed by atoms with Gasteiger partial charge in [0.1, 0.15) is 18.3 Å². The van der Waals surface area contributed by atoms with Gasteiger partial charge in [-0.15, -0.1) is 0 Å². The lowest BCUT2D eigenvalue weighted by Crippen LogP contribution is -2.72. The van der Waals surface area contributed by atoms with Crippen LogP contribution in [0.5, 0.6) is 0 Å². The van der Waals surface area contributed by atoms with Crippen LogP contribution in [-0.4, -0.2) is 69.4 Å². The summed E-state index contributed by atoms with van der Waals surface area (Å²) in [6.45, 7) is 20.8. The third kappa shape index (κ3) is 8.63. The zero-order valence-electron chi connectivity index (χ0n) is 41.9. The Morgan fingerprint density at radius 2 is 0.843 bits per heavy atom. The Hall–Kier alpha value is -5.84. The number of ether oxygens (including phenoxy) is 1. The molecule has 12 heteroatoms. The second-order valence-corrected chi connectivity index (χ2v) is 34.4. The van der Waals surface area contributed by atoms with Crippen molar-refractivity contribution in [2.75, 3.05) is 6.61 Å². The van der Waals surface area contributed by atoms with Crippen LogP contribution in [0.4, 0.5) is 0 Å². The lowest BCUT2D eigenvalue weighted by molar-refractivity contribution is -0.0461. The summed E-state index contributed by atoms with van der Waals surface area (Å²) in [5.41, 5.74) is 0.271. The first-order valence-corrected chi connectivity index (χ1v) is 30.1. The third-order valence-corrected chi connectivity index (χ3v) is 29.3. The van der Waals surface area contributed by atoms with Crippen molar-refractivity contribution in [2.24, 2.45) is 0 Å². The van der Waals surface area contributed by atoms with Crippen molar-refractivity contribution in [1.82, 2.24) is 19.5 Å². The highest BCUT2D eigenvalue weighted by Gasteiger charge is 2.62. The predicted molar refractivity (Wildman–Crippen MR) is 291 cm³/mol. The van der Waals surface area contributed by atoms with Gasteiger partial charge in [0.2, 0.25) is 0 Å². The molecule has 6 aromatic carbocycles. The van der Waals surface area contributed by atoms with Gasteiger partial charge in [0.15, 0.2) is 17.4 Å². The van der Waals surface area contributed by atoms with Crippen LogP contribution in [0.2, 0.25) is 15.1 Å². The number of hydrogen-bond donors (Lipinski definition) is 1. The molecule has 0 bridgehead atoms. The van der Waals surface area contributed by atoms with Crippen molar-refractivity contribution in [3.05, 3.63) is 205 Å². The van der Waals surface area contributed by atoms with Crippen molar-refractivity contribution in [3.8, 4) is 0 Å². The zero-order chi connectivity index (χ0) is 49.4. The van der Waals surface area contributed by atoms with Crippen LogP contribution < -0.4 is 36.7 Å². The van der Waals surface area contributed by atoms with Crippen molar-refractivity contribution >= 4 is 67.2 Å². The van der Waals surface area contributed by atoms with Gasteiger partial charge in [-0.25, -0.2) is 9.97 Å². The van der Waals surface area contributed by atoms with E-state index >= 15 is 0 Å². The topological polar surface area (TPSA) is 100 Å². The molecule has 1 saturated heterocycles. The second-order valence-electron chi connectivity index (χ2n) is 21.6. The van der Waals surface area contributed by atoms with E-state index in [4.69, 9.17) is 28.0 Å². The number of fused-ring (bicyclic) bond motifs is 1. The first-order valence-electron chi connectivity index (χ1n) is 24.4. The van der Waals surface area contributed by atoms with Crippen LogP contribution in [0.1, 0.15) is 68.5 Å². The minimum atomic E-state index is -3.39. The van der Waals surface area contributed by atoms with Gasteiger partial charge in [-0.2, -0.15) is 0 Å². The van der Waals surface area contributed by atoms with E-state index < -0.39 is 59.6 Å². The highest BCUT2D eigenvalue weighted by molar-refractivity contribution is 7.01. The molecule has 360 valence electrons. The molecule has 0 unspecified atom stereocenters. The molecule has 1 N–H and O–H groups in total. The standard InChI is InChI=1S/C58H66N4O5Si3/c1-56(2,3)68(43-28-16-10-17-29-43,44-30-18-11-19-31-44)64-40-49-51(66-69(57(4,5)6,45-32-20-12-21-33-45)46-34-22-13-23-35-46)52(55(65-49)62-42-61-50-53(62)59-41-60-54(50)63)67-70(58(7,8)9,47-36-24-14-25-37-47)48-38-26-15-27-39-48/h10-39,41-42,49,51-52,55H,40H2,1-9H3,(H,59,60,63)/t49-,51-,52-,55-/m1/s1. The number of hydrogen-bond acceptors (Lipinski definition) is 7. The van der Waals surface area contributed by atoms with Crippen LogP contribution in [0, 0.1) is 0 Å². The fourth-order valence-electron chi connectivity index (χ4n) is 11.1.